The topological polar surface area (TPSA) is 64.2 Å². The third-order valence-corrected chi connectivity index (χ3v) is 2.82. The second kappa shape index (κ2) is 6.00. The van der Waals surface area contributed by atoms with E-state index in [-0.39, 0.29) is 0 Å². The molecule has 0 fully saturated rings. The van der Waals surface area contributed by atoms with E-state index in [9.17, 15) is 4.79 Å². The van der Waals surface area contributed by atoms with Crippen LogP contribution in [0.4, 0.5) is 0 Å². The number of nitrogens with one attached hydrogen (secondary N) is 1. The van der Waals surface area contributed by atoms with Crippen molar-refractivity contribution in [2.24, 2.45) is 0 Å². The van der Waals surface area contributed by atoms with Crippen LogP contribution in [0.1, 0.15) is 56.1 Å². The van der Waals surface area contributed by atoms with Gasteiger partial charge in [-0.15, -0.1) is 0 Å². The molecule has 5 nitrogen and oxygen atoms in total. The molecule has 1 N–H and O–H groups in total. The van der Waals surface area contributed by atoms with Crippen molar-refractivity contribution in [3.05, 3.63) is 17.2 Å². The van der Waals surface area contributed by atoms with Crippen molar-refractivity contribution in [3.8, 4) is 0 Å². The molecular formula is C13H22N2O3. The van der Waals surface area contributed by atoms with Crippen molar-refractivity contribution in [2.75, 3.05) is 13.7 Å². The molecule has 0 saturated heterocycles. The molecule has 0 spiro atoms. The van der Waals surface area contributed by atoms with E-state index in [1.807, 2.05) is 13.8 Å². The van der Waals surface area contributed by atoms with Crippen molar-refractivity contribution in [1.82, 2.24) is 9.97 Å². The standard InChI is InChI=1S/C13H22N2O3/c1-6-8-9-14-10(12(16)18-7-2)11(15-9)13(3,4)17-5/h6-8H2,1-5H3,(H,14,15). The maximum absolute atomic E-state index is 11.9. The zero-order valence-electron chi connectivity index (χ0n) is 11.8. The minimum Gasteiger partial charge on any atom is -0.461 e. The largest absolute Gasteiger partial charge is 0.461 e. The highest BCUT2D eigenvalue weighted by Crippen LogP contribution is 2.26. The second-order valence-electron chi connectivity index (χ2n) is 4.59. The monoisotopic (exact) mass is 254 g/mol. The first-order valence-corrected chi connectivity index (χ1v) is 6.27. The van der Waals surface area contributed by atoms with Crippen LogP contribution in [0.3, 0.4) is 0 Å². The fourth-order valence-electron chi connectivity index (χ4n) is 1.66. The third kappa shape index (κ3) is 3.10. The quantitative estimate of drug-likeness (QED) is 0.792. The van der Waals surface area contributed by atoms with E-state index in [2.05, 4.69) is 16.9 Å². The van der Waals surface area contributed by atoms with Crippen molar-refractivity contribution in [3.63, 3.8) is 0 Å². The maximum atomic E-state index is 11.9. The Morgan fingerprint density at radius 2 is 2.06 bits per heavy atom. The summed E-state index contributed by atoms with van der Waals surface area (Å²) in [4.78, 5) is 19.4. The molecular weight excluding hydrogens is 232 g/mol. The average Bonchev–Trinajstić information content (AvgIpc) is 2.75. The minimum atomic E-state index is -0.596. The van der Waals surface area contributed by atoms with E-state index < -0.39 is 11.6 Å². The van der Waals surface area contributed by atoms with E-state index in [0.717, 1.165) is 18.7 Å². The van der Waals surface area contributed by atoms with Gasteiger partial charge in [0.05, 0.1) is 12.3 Å². The summed E-state index contributed by atoms with van der Waals surface area (Å²) in [6.45, 7) is 7.95. The van der Waals surface area contributed by atoms with Gasteiger partial charge >= 0.3 is 5.97 Å². The van der Waals surface area contributed by atoms with Crippen LogP contribution < -0.4 is 0 Å². The summed E-state index contributed by atoms with van der Waals surface area (Å²) >= 11 is 0. The molecule has 0 aliphatic carbocycles. The molecule has 0 radical (unpaired) electrons. The minimum absolute atomic E-state index is 0.326. The number of esters is 1. The van der Waals surface area contributed by atoms with Gasteiger partial charge in [-0.2, -0.15) is 0 Å². The summed E-state index contributed by atoms with van der Waals surface area (Å²) < 4.78 is 10.4. The highest BCUT2D eigenvalue weighted by atomic mass is 16.5. The number of carbonyl (C=O) groups excluding carboxylic acids is 1. The average molecular weight is 254 g/mol. The molecule has 1 heterocycles. The van der Waals surface area contributed by atoms with Crippen molar-refractivity contribution in [2.45, 2.75) is 46.1 Å². The summed E-state index contributed by atoms with van der Waals surface area (Å²) in [5, 5.41) is 0. The number of aromatic nitrogens is 2. The number of hydrogen-bond acceptors (Lipinski definition) is 4. The van der Waals surface area contributed by atoms with Gasteiger partial charge in [0, 0.05) is 13.5 Å². The Labute approximate surface area is 108 Å². The lowest BCUT2D eigenvalue weighted by Gasteiger charge is -2.22. The fraction of sp³-hybridized carbons (Fsp3) is 0.692. The van der Waals surface area contributed by atoms with E-state index in [1.165, 1.54) is 0 Å². The highest BCUT2D eigenvalue weighted by molar-refractivity contribution is 5.89. The van der Waals surface area contributed by atoms with Crippen LogP contribution >= 0.6 is 0 Å². The highest BCUT2D eigenvalue weighted by Gasteiger charge is 2.30. The Morgan fingerprint density at radius 1 is 1.39 bits per heavy atom. The van der Waals surface area contributed by atoms with E-state index in [4.69, 9.17) is 9.47 Å². The summed E-state index contributed by atoms with van der Waals surface area (Å²) in [5.74, 6) is 0.386. The van der Waals surface area contributed by atoms with Crippen molar-refractivity contribution >= 4 is 5.97 Å². The predicted molar refractivity (Wildman–Crippen MR) is 68.6 cm³/mol. The number of H-pyrrole nitrogens is 1. The summed E-state index contributed by atoms with van der Waals surface area (Å²) in [7, 11) is 1.61. The van der Waals surface area contributed by atoms with Crippen molar-refractivity contribution in [1.29, 1.82) is 0 Å². The first-order valence-electron chi connectivity index (χ1n) is 6.27. The number of methoxy groups -OCH3 is 1. The Kier molecular flexibility index (Phi) is 4.90. The lowest BCUT2D eigenvalue weighted by Crippen LogP contribution is -2.24. The smallest absolute Gasteiger partial charge is 0.358 e. The number of aromatic amines is 1. The molecule has 0 aliphatic heterocycles. The van der Waals surface area contributed by atoms with E-state index in [1.54, 1.807) is 14.0 Å². The maximum Gasteiger partial charge on any atom is 0.358 e. The van der Waals surface area contributed by atoms with Crippen LogP contribution in [-0.4, -0.2) is 29.7 Å². The number of rotatable bonds is 6. The van der Waals surface area contributed by atoms with Gasteiger partial charge in [0.2, 0.25) is 0 Å². The lowest BCUT2D eigenvalue weighted by molar-refractivity contribution is 0.0133. The second-order valence-corrected chi connectivity index (χ2v) is 4.59. The molecule has 0 aromatic carbocycles. The molecule has 0 amide bonds. The first-order chi connectivity index (χ1) is 8.46. The first kappa shape index (κ1) is 14.7. The van der Waals surface area contributed by atoms with Gasteiger partial charge in [0.15, 0.2) is 5.69 Å². The molecule has 0 saturated carbocycles. The molecule has 0 unspecified atom stereocenters. The summed E-state index contributed by atoms with van der Waals surface area (Å²) in [5.41, 5.74) is 0.403. The molecule has 1 aromatic heterocycles. The Morgan fingerprint density at radius 3 is 2.56 bits per heavy atom. The number of carbonyl (C=O) groups is 1. The number of imidazole rings is 1. The number of nitrogens with zero attached hydrogens (tertiary/aromatic N) is 1. The van der Waals surface area contributed by atoms with Gasteiger partial charge in [0.25, 0.3) is 0 Å². The molecule has 1 rings (SSSR count). The molecule has 0 bridgehead atoms. The zero-order valence-corrected chi connectivity index (χ0v) is 11.8. The molecule has 0 atom stereocenters. The van der Waals surface area contributed by atoms with Gasteiger partial charge in [-0.25, -0.2) is 9.78 Å². The van der Waals surface area contributed by atoms with Gasteiger partial charge in [0.1, 0.15) is 11.4 Å². The Hall–Kier alpha value is -1.36. The SMILES string of the molecule is CCCc1nc(C(=O)OCC)c(C(C)(C)OC)[nH]1. The van der Waals surface area contributed by atoms with Crippen LogP contribution in [-0.2, 0) is 21.5 Å². The third-order valence-electron chi connectivity index (χ3n) is 2.82. The van der Waals surface area contributed by atoms with Gasteiger partial charge in [-0.3, -0.25) is 0 Å². The van der Waals surface area contributed by atoms with Crippen LogP contribution in [0.15, 0.2) is 0 Å². The normalized spacial score (nSPS) is 11.6. The van der Waals surface area contributed by atoms with E-state index in [0.29, 0.717) is 18.0 Å². The van der Waals surface area contributed by atoms with Crippen molar-refractivity contribution < 1.29 is 14.3 Å². The van der Waals surface area contributed by atoms with Crippen LogP contribution in [0.5, 0.6) is 0 Å². The lowest BCUT2D eigenvalue weighted by atomic mass is 10.0. The van der Waals surface area contributed by atoms with Crippen LogP contribution in [0.2, 0.25) is 0 Å². The Balaban J connectivity index is 3.16. The molecule has 5 heteroatoms. The number of aryl methyl sites for hydroxylation is 1. The van der Waals surface area contributed by atoms with Gasteiger partial charge in [-0.1, -0.05) is 6.92 Å². The fourth-order valence-corrected chi connectivity index (χ4v) is 1.66. The molecule has 1 aromatic rings. The zero-order chi connectivity index (χ0) is 13.8. The molecule has 102 valence electrons. The van der Waals surface area contributed by atoms with E-state index >= 15 is 0 Å². The predicted octanol–water partition coefficient (Wildman–Crippen LogP) is 2.42. The number of hydrogen-bond donors (Lipinski definition) is 1. The molecule has 18 heavy (non-hydrogen) atoms. The van der Waals surface area contributed by atoms with Gasteiger partial charge in [-0.05, 0) is 27.2 Å². The molecule has 0 aliphatic rings. The van der Waals surface area contributed by atoms with Gasteiger partial charge < -0.3 is 14.5 Å². The Bertz CT molecular complexity index is 410. The summed E-state index contributed by atoms with van der Waals surface area (Å²) in [6, 6.07) is 0. The van der Waals surface area contributed by atoms with Crippen LogP contribution in [0.25, 0.3) is 0 Å². The number of ether oxygens (including phenoxy) is 2. The van der Waals surface area contributed by atoms with Crippen LogP contribution in [0, 0.1) is 0 Å². The summed E-state index contributed by atoms with van der Waals surface area (Å²) in [6.07, 6.45) is 1.76.